The zero-order valence-corrected chi connectivity index (χ0v) is 11.6. The molecule has 1 aromatic rings. The van der Waals surface area contributed by atoms with Gasteiger partial charge < -0.3 is 5.32 Å². The van der Waals surface area contributed by atoms with Crippen LogP contribution in [0.5, 0.6) is 0 Å². The molecule has 1 aromatic carbocycles. The van der Waals surface area contributed by atoms with Crippen LogP contribution in [-0.2, 0) is 6.54 Å². The molecule has 3 nitrogen and oxygen atoms in total. The van der Waals surface area contributed by atoms with E-state index in [1.807, 2.05) is 0 Å². The minimum atomic E-state index is -0.200. The number of benzene rings is 1. The molecule has 0 saturated carbocycles. The van der Waals surface area contributed by atoms with Gasteiger partial charge in [-0.2, -0.15) is 5.26 Å². The molecule has 0 aliphatic carbocycles. The Hall–Kier alpha value is -1.44. The maximum atomic E-state index is 13.9. The predicted molar refractivity (Wildman–Crippen MR) is 75.6 cm³/mol. The minimum absolute atomic E-state index is 0.200. The molecule has 106 valence electrons. The molecule has 0 bridgehead atoms. The van der Waals surface area contributed by atoms with Crippen LogP contribution in [0.15, 0.2) is 18.2 Å². The molecule has 2 fully saturated rings. The third-order valence-electron chi connectivity index (χ3n) is 4.53. The number of hydrogen-bond acceptors (Lipinski definition) is 3. The van der Waals surface area contributed by atoms with Crippen LogP contribution in [-0.4, -0.2) is 30.1 Å². The van der Waals surface area contributed by atoms with E-state index in [9.17, 15) is 4.39 Å². The second kappa shape index (κ2) is 5.90. The summed E-state index contributed by atoms with van der Waals surface area (Å²) in [5.41, 5.74) is 1.19. The quantitative estimate of drug-likeness (QED) is 0.919. The maximum Gasteiger partial charge on any atom is 0.127 e. The zero-order valence-electron chi connectivity index (χ0n) is 11.6. The van der Waals surface area contributed by atoms with Crippen LogP contribution < -0.4 is 5.32 Å². The summed E-state index contributed by atoms with van der Waals surface area (Å²) < 4.78 is 13.9. The van der Waals surface area contributed by atoms with Crippen LogP contribution in [0.25, 0.3) is 0 Å². The Balaban J connectivity index is 1.74. The SMILES string of the molecule is N#Cc1ccc(F)c(CN2CCCC2C2CCCN2)c1. The van der Waals surface area contributed by atoms with Crippen molar-refractivity contribution in [2.75, 3.05) is 13.1 Å². The van der Waals surface area contributed by atoms with E-state index in [0.717, 1.165) is 13.1 Å². The van der Waals surface area contributed by atoms with Crippen molar-refractivity contribution in [1.82, 2.24) is 10.2 Å². The maximum absolute atomic E-state index is 13.9. The Bertz CT molecular complexity index is 517. The van der Waals surface area contributed by atoms with Gasteiger partial charge in [0, 0.05) is 24.2 Å². The van der Waals surface area contributed by atoms with Crippen molar-refractivity contribution in [3.8, 4) is 6.07 Å². The normalized spacial score (nSPS) is 26.8. The molecule has 2 unspecified atom stereocenters. The lowest BCUT2D eigenvalue weighted by molar-refractivity contribution is 0.204. The van der Waals surface area contributed by atoms with Crippen molar-refractivity contribution in [3.63, 3.8) is 0 Å². The first kappa shape index (κ1) is 13.5. The topological polar surface area (TPSA) is 39.1 Å². The summed E-state index contributed by atoms with van der Waals surface area (Å²) in [6, 6.07) is 7.80. The predicted octanol–water partition coefficient (Wildman–Crippen LogP) is 2.41. The lowest BCUT2D eigenvalue weighted by atomic mass is 10.0. The first-order valence-electron chi connectivity index (χ1n) is 7.44. The number of nitriles is 1. The van der Waals surface area contributed by atoms with Gasteiger partial charge in [0.2, 0.25) is 0 Å². The van der Waals surface area contributed by atoms with Gasteiger partial charge in [-0.25, -0.2) is 4.39 Å². The number of hydrogen-bond donors (Lipinski definition) is 1. The molecule has 0 aromatic heterocycles. The van der Waals surface area contributed by atoms with Gasteiger partial charge in [-0.1, -0.05) is 0 Å². The minimum Gasteiger partial charge on any atom is -0.312 e. The molecule has 1 N–H and O–H groups in total. The highest BCUT2D eigenvalue weighted by Gasteiger charge is 2.33. The number of halogens is 1. The Morgan fingerprint density at radius 1 is 1.35 bits per heavy atom. The third kappa shape index (κ3) is 2.70. The summed E-state index contributed by atoms with van der Waals surface area (Å²) in [5, 5.41) is 12.5. The highest BCUT2D eigenvalue weighted by Crippen LogP contribution is 2.27. The fourth-order valence-corrected chi connectivity index (χ4v) is 3.53. The van der Waals surface area contributed by atoms with E-state index in [-0.39, 0.29) is 5.82 Å². The smallest absolute Gasteiger partial charge is 0.127 e. The standard InChI is InChI=1S/C16H20FN3/c17-14-6-5-12(10-18)9-13(14)11-20-8-2-4-16(20)15-3-1-7-19-15/h5-6,9,15-16,19H,1-4,7-8,11H2. The lowest BCUT2D eigenvalue weighted by Crippen LogP contribution is -2.43. The Kier molecular flexibility index (Phi) is 4.00. The first-order chi connectivity index (χ1) is 9.78. The van der Waals surface area contributed by atoms with Gasteiger partial charge in [-0.3, -0.25) is 4.90 Å². The van der Waals surface area contributed by atoms with Crippen LogP contribution in [0.4, 0.5) is 4.39 Å². The van der Waals surface area contributed by atoms with Crippen molar-refractivity contribution in [3.05, 3.63) is 35.1 Å². The summed E-state index contributed by atoms with van der Waals surface area (Å²) in [5.74, 6) is -0.200. The van der Waals surface area contributed by atoms with Gasteiger partial charge in [0.1, 0.15) is 5.82 Å². The molecular formula is C16H20FN3. The largest absolute Gasteiger partial charge is 0.312 e. The molecule has 0 radical (unpaired) electrons. The third-order valence-corrected chi connectivity index (χ3v) is 4.53. The lowest BCUT2D eigenvalue weighted by Gasteiger charge is -2.29. The summed E-state index contributed by atoms with van der Waals surface area (Å²) in [4.78, 5) is 2.38. The van der Waals surface area contributed by atoms with Gasteiger partial charge >= 0.3 is 0 Å². The van der Waals surface area contributed by atoms with Crippen molar-refractivity contribution in [1.29, 1.82) is 5.26 Å². The van der Waals surface area contributed by atoms with Crippen LogP contribution in [0.3, 0.4) is 0 Å². The van der Waals surface area contributed by atoms with E-state index in [1.165, 1.54) is 31.7 Å². The van der Waals surface area contributed by atoms with E-state index in [2.05, 4.69) is 16.3 Å². The highest BCUT2D eigenvalue weighted by atomic mass is 19.1. The molecule has 2 saturated heterocycles. The van der Waals surface area contributed by atoms with Crippen molar-refractivity contribution < 1.29 is 4.39 Å². The fourth-order valence-electron chi connectivity index (χ4n) is 3.53. The van der Waals surface area contributed by atoms with Crippen LogP contribution in [0.1, 0.15) is 36.8 Å². The second-order valence-corrected chi connectivity index (χ2v) is 5.80. The summed E-state index contributed by atoms with van der Waals surface area (Å²) >= 11 is 0. The van der Waals surface area contributed by atoms with Gasteiger partial charge in [-0.15, -0.1) is 0 Å². The molecule has 2 aliphatic heterocycles. The van der Waals surface area contributed by atoms with Gasteiger partial charge in [-0.05, 0) is 57.0 Å². The zero-order chi connectivity index (χ0) is 13.9. The highest BCUT2D eigenvalue weighted by molar-refractivity contribution is 5.33. The number of nitrogens with zero attached hydrogens (tertiary/aromatic N) is 2. The molecule has 0 amide bonds. The summed E-state index contributed by atoms with van der Waals surface area (Å²) in [7, 11) is 0. The van der Waals surface area contributed by atoms with Gasteiger partial charge in [0.25, 0.3) is 0 Å². The van der Waals surface area contributed by atoms with E-state index in [4.69, 9.17) is 5.26 Å². The Labute approximate surface area is 119 Å². The van der Waals surface area contributed by atoms with Crippen molar-refractivity contribution in [2.24, 2.45) is 0 Å². The Morgan fingerprint density at radius 3 is 3.00 bits per heavy atom. The molecule has 3 rings (SSSR count). The molecule has 0 spiro atoms. The van der Waals surface area contributed by atoms with E-state index in [0.29, 0.717) is 29.8 Å². The van der Waals surface area contributed by atoms with E-state index in [1.54, 1.807) is 12.1 Å². The number of likely N-dealkylation sites (tertiary alicyclic amines) is 1. The average Bonchev–Trinajstić information content (AvgIpc) is 3.11. The number of nitrogens with one attached hydrogen (secondary N) is 1. The Morgan fingerprint density at radius 2 is 2.25 bits per heavy atom. The second-order valence-electron chi connectivity index (χ2n) is 5.80. The average molecular weight is 273 g/mol. The van der Waals surface area contributed by atoms with E-state index < -0.39 is 0 Å². The van der Waals surface area contributed by atoms with Crippen LogP contribution in [0, 0.1) is 17.1 Å². The van der Waals surface area contributed by atoms with E-state index >= 15 is 0 Å². The number of rotatable bonds is 3. The summed E-state index contributed by atoms with van der Waals surface area (Å²) in [6.45, 7) is 2.75. The monoisotopic (exact) mass is 273 g/mol. The molecule has 2 atom stereocenters. The molecule has 2 heterocycles. The van der Waals surface area contributed by atoms with Crippen LogP contribution in [0.2, 0.25) is 0 Å². The molecule has 20 heavy (non-hydrogen) atoms. The first-order valence-corrected chi connectivity index (χ1v) is 7.44. The summed E-state index contributed by atoms with van der Waals surface area (Å²) in [6.07, 6.45) is 4.84. The van der Waals surface area contributed by atoms with Crippen LogP contribution >= 0.6 is 0 Å². The van der Waals surface area contributed by atoms with Crippen molar-refractivity contribution in [2.45, 2.75) is 44.3 Å². The van der Waals surface area contributed by atoms with Crippen molar-refractivity contribution >= 4 is 0 Å². The molecule has 4 heteroatoms. The fraction of sp³-hybridized carbons (Fsp3) is 0.562. The molecular weight excluding hydrogens is 253 g/mol. The molecule has 2 aliphatic rings. The van der Waals surface area contributed by atoms with Gasteiger partial charge in [0.05, 0.1) is 11.6 Å². The van der Waals surface area contributed by atoms with Gasteiger partial charge in [0.15, 0.2) is 0 Å².